The van der Waals surface area contributed by atoms with E-state index in [9.17, 15) is 4.79 Å². The number of hydrogen-bond acceptors (Lipinski definition) is 3. The Labute approximate surface area is 219 Å². The summed E-state index contributed by atoms with van der Waals surface area (Å²) in [5, 5.41) is 2.42. The average molecular weight is 494 g/mol. The minimum absolute atomic E-state index is 0.140. The van der Waals surface area contributed by atoms with Gasteiger partial charge in [-0.1, -0.05) is 91.0 Å². The molecular formula is C33H35NO3. The van der Waals surface area contributed by atoms with Crippen molar-refractivity contribution in [3.8, 4) is 11.1 Å². The van der Waals surface area contributed by atoms with Crippen LogP contribution in [0.2, 0.25) is 0 Å². The van der Waals surface area contributed by atoms with Crippen LogP contribution in [0.4, 0.5) is 4.79 Å². The third kappa shape index (κ3) is 6.20. The van der Waals surface area contributed by atoms with E-state index in [1.54, 1.807) is 4.90 Å². The lowest BCUT2D eigenvalue weighted by atomic mass is 9.85. The molecule has 0 unspecified atom stereocenters. The molecule has 0 radical (unpaired) electrons. The van der Waals surface area contributed by atoms with Gasteiger partial charge in [-0.2, -0.15) is 0 Å². The van der Waals surface area contributed by atoms with E-state index in [4.69, 9.17) is 9.47 Å². The van der Waals surface area contributed by atoms with Crippen LogP contribution in [0.5, 0.6) is 0 Å². The third-order valence-electron chi connectivity index (χ3n) is 6.91. The lowest BCUT2D eigenvalue weighted by molar-refractivity contribution is -0.0359. The molecular weight excluding hydrogens is 458 g/mol. The number of hydrogen-bond donors (Lipinski definition) is 0. The Kier molecular flexibility index (Phi) is 7.29. The van der Waals surface area contributed by atoms with Crippen LogP contribution in [0.15, 0.2) is 97.1 Å². The van der Waals surface area contributed by atoms with Crippen LogP contribution < -0.4 is 0 Å². The second-order valence-electron chi connectivity index (χ2n) is 10.8. The first-order valence-corrected chi connectivity index (χ1v) is 13.1. The summed E-state index contributed by atoms with van der Waals surface area (Å²) in [6.07, 6.45) is 0.405. The predicted molar refractivity (Wildman–Crippen MR) is 150 cm³/mol. The number of amides is 1. The zero-order valence-electron chi connectivity index (χ0n) is 21.9. The first kappa shape index (κ1) is 25.0. The number of piperidine rings is 1. The summed E-state index contributed by atoms with van der Waals surface area (Å²) < 4.78 is 12.3. The van der Waals surface area contributed by atoms with Crippen molar-refractivity contribution in [2.75, 3.05) is 13.1 Å². The first-order valence-electron chi connectivity index (χ1n) is 13.1. The monoisotopic (exact) mass is 493 g/mol. The summed E-state index contributed by atoms with van der Waals surface area (Å²) in [6.45, 7) is 7.35. The van der Waals surface area contributed by atoms with Gasteiger partial charge in [0.2, 0.25) is 0 Å². The molecule has 0 N–H and O–H groups in total. The first-order chi connectivity index (χ1) is 17.9. The van der Waals surface area contributed by atoms with Gasteiger partial charge in [-0.25, -0.2) is 4.79 Å². The van der Waals surface area contributed by atoms with Crippen molar-refractivity contribution >= 4 is 16.9 Å². The fraction of sp³-hybridized carbons (Fsp3) is 0.303. The molecule has 1 aliphatic heterocycles. The van der Waals surface area contributed by atoms with Gasteiger partial charge >= 0.3 is 6.09 Å². The lowest BCUT2D eigenvalue weighted by Crippen LogP contribution is -2.48. The highest BCUT2D eigenvalue weighted by Gasteiger charge is 2.35. The maximum Gasteiger partial charge on any atom is 0.410 e. The Morgan fingerprint density at radius 2 is 1.57 bits per heavy atom. The maximum absolute atomic E-state index is 12.9. The molecule has 0 spiro atoms. The van der Waals surface area contributed by atoms with Crippen molar-refractivity contribution in [1.29, 1.82) is 0 Å². The zero-order valence-corrected chi connectivity index (χ0v) is 21.9. The van der Waals surface area contributed by atoms with Gasteiger partial charge in [-0.15, -0.1) is 0 Å². The molecule has 1 aliphatic rings. The minimum atomic E-state index is -0.528. The van der Waals surface area contributed by atoms with Gasteiger partial charge in [0.15, 0.2) is 0 Å². The highest BCUT2D eigenvalue weighted by Crippen LogP contribution is 2.34. The molecule has 4 aromatic carbocycles. The second-order valence-corrected chi connectivity index (χ2v) is 10.8. The molecule has 37 heavy (non-hydrogen) atoms. The van der Waals surface area contributed by atoms with Gasteiger partial charge in [0, 0.05) is 12.5 Å². The number of fused-ring (bicyclic) bond motifs is 1. The number of carbonyl (C=O) groups excluding carboxylic acids is 1. The Morgan fingerprint density at radius 1 is 0.838 bits per heavy atom. The summed E-state index contributed by atoms with van der Waals surface area (Å²) in [6, 6.07) is 34.0. The van der Waals surface area contributed by atoms with Gasteiger partial charge in [-0.3, -0.25) is 0 Å². The molecule has 5 rings (SSSR count). The van der Waals surface area contributed by atoms with Crippen molar-refractivity contribution in [1.82, 2.24) is 4.90 Å². The van der Waals surface area contributed by atoms with Gasteiger partial charge in [0.05, 0.1) is 19.3 Å². The molecule has 0 bridgehead atoms. The summed E-state index contributed by atoms with van der Waals surface area (Å²) in [7, 11) is 0. The quantitative estimate of drug-likeness (QED) is 0.284. The Morgan fingerprint density at radius 3 is 2.35 bits per heavy atom. The molecule has 1 fully saturated rings. The van der Waals surface area contributed by atoms with Crippen LogP contribution >= 0.6 is 0 Å². The molecule has 4 aromatic rings. The van der Waals surface area contributed by atoms with E-state index in [1.807, 2.05) is 26.8 Å². The standard InChI is InChI=1S/C33H35NO3/c1-33(2,3)37-32(35)34-19-18-30(29-15-9-14-28(21-29)25-10-5-4-6-11-25)31(22-34)36-23-24-16-17-26-12-7-8-13-27(26)20-24/h4-17,20-21,30-31H,18-19,22-23H2,1-3H3/t30-,31+/m1/s1. The fourth-order valence-electron chi connectivity index (χ4n) is 5.07. The third-order valence-corrected chi connectivity index (χ3v) is 6.91. The molecule has 2 atom stereocenters. The summed E-state index contributed by atoms with van der Waals surface area (Å²) in [5.74, 6) is 0.183. The van der Waals surface area contributed by atoms with Crippen LogP contribution in [-0.4, -0.2) is 35.8 Å². The van der Waals surface area contributed by atoms with E-state index in [0.29, 0.717) is 19.7 Å². The molecule has 190 valence electrons. The van der Waals surface area contributed by atoms with Crippen LogP contribution in [0.3, 0.4) is 0 Å². The van der Waals surface area contributed by atoms with Crippen molar-refractivity contribution in [3.63, 3.8) is 0 Å². The van der Waals surface area contributed by atoms with Crippen LogP contribution in [0.1, 0.15) is 44.2 Å². The summed E-state index contributed by atoms with van der Waals surface area (Å²) in [5.41, 5.74) is 4.24. The topological polar surface area (TPSA) is 38.8 Å². The number of ether oxygens (including phenoxy) is 2. The van der Waals surface area contributed by atoms with E-state index in [0.717, 1.165) is 12.0 Å². The molecule has 1 saturated heterocycles. The predicted octanol–water partition coefficient (Wildman–Crippen LogP) is 7.82. The number of benzene rings is 4. The largest absolute Gasteiger partial charge is 0.444 e. The highest BCUT2D eigenvalue weighted by molar-refractivity contribution is 5.83. The zero-order chi connectivity index (χ0) is 25.8. The summed E-state index contributed by atoms with van der Waals surface area (Å²) in [4.78, 5) is 14.7. The molecule has 1 amide bonds. The fourth-order valence-corrected chi connectivity index (χ4v) is 5.07. The Balaban J connectivity index is 1.39. The minimum Gasteiger partial charge on any atom is -0.444 e. The van der Waals surface area contributed by atoms with Crippen molar-refractivity contribution in [2.45, 2.75) is 51.4 Å². The Hall–Kier alpha value is -3.63. The Bertz CT molecular complexity index is 1360. The van der Waals surface area contributed by atoms with E-state index in [-0.39, 0.29) is 18.1 Å². The molecule has 1 heterocycles. The SMILES string of the molecule is CC(C)(C)OC(=O)N1CC[C@H](c2cccc(-c3ccccc3)c2)[C@@H](OCc2ccc3ccccc3c2)C1. The van der Waals surface area contributed by atoms with Crippen LogP contribution in [0.25, 0.3) is 21.9 Å². The molecule has 0 saturated carbocycles. The average Bonchev–Trinajstić information content (AvgIpc) is 2.91. The number of rotatable bonds is 5. The van der Waals surface area contributed by atoms with Crippen molar-refractivity contribution in [2.24, 2.45) is 0 Å². The summed E-state index contributed by atoms with van der Waals surface area (Å²) >= 11 is 0. The van der Waals surface area contributed by atoms with Crippen LogP contribution in [-0.2, 0) is 16.1 Å². The number of likely N-dealkylation sites (tertiary alicyclic amines) is 1. The normalized spacial score (nSPS) is 18.1. The van der Waals surface area contributed by atoms with Gasteiger partial charge in [0.1, 0.15) is 5.60 Å². The smallest absolute Gasteiger partial charge is 0.410 e. The van der Waals surface area contributed by atoms with Crippen molar-refractivity contribution in [3.05, 3.63) is 108 Å². The molecule has 0 aliphatic carbocycles. The molecule has 4 nitrogen and oxygen atoms in total. The van der Waals surface area contributed by atoms with Crippen molar-refractivity contribution < 1.29 is 14.3 Å². The van der Waals surface area contributed by atoms with E-state index in [1.165, 1.54) is 27.5 Å². The van der Waals surface area contributed by atoms with E-state index < -0.39 is 5.60 Å². The van der Waals surface area contributed by atoms with E-state index in [2.05, 4.69) is 91.0 Å². The van der Waals surface area contributed by atoms with Gasteiger partial charge < -0.3 is 14.4 Å². The number of nitrogens with zero attached hydrogens (tertiary/aromatic N) is 1. The lowest BCUT2D eigenvalue weighted by Gasteiger charge is -2.39. The van der Waals surface area contributed by atoms with Gasteiger partial charge in [0.25, 0.3) is 0 Å². The maximum atomic E-state index is 12.9. The molecule has 4 heteroatoms. The number of carbonyl (C=O) groups is 1. The van der Waals surface area contributed by atoms with Gasteiger partial charge in [-0.05, 0) is 66.3 Å². The second kappa shape index (κ2) is 10.8. The van der Waals surface area contributed by atoms with E-state index >= 15 is 0 Å². The van der Waals surface area contributed by atoms with Crippen LogP contribution in [0, 0.1) is 0 Å². The highest BCUT2D eigenvalue weighted by atomic mass is 16.6. The molecule has 0 aromatic heterocycles.